The normalized spacial score (nSPS) is 14.8. The van der Waals surface area contributed by atoms with Crippen molar-refractivity contribution in [3.05, 3.63) is 47.5 Å². The summed E-state index contributed by atoms with van der Waals surface area (Å²) in [6.45, 7) is 1.31. The molecule has 0 fully saturated rings. The summed E-state index contributed by atoms with van der Waals surface area (Å²) >= 11 is 0. The highest BCUT2D eigenvalue weighted by molar-refractivity contribution is 5.18. The van der Waals surface area contributed by atoms with Gasteiger partial charge in [0.1, 0.15) is 0 Å². The van der Waals surface area contributed by atoms with E-state index in [0.29, 0.717) is 6.42 Å². The van der Waals surface area contributed by atoms with Crippen molar-refractivity contribution in [3.63, 3.8) is 0 Å². The van der Waals surface area contributed by atoms with E-state index in [4.69, 9.17) is 5.11 Å². The van der Waals surface area contributed by atoms with Crippen molar-refractivity contribution in [1.29, 1.82) is 0 Å². The van der Waals surface area contributed by atoms with Gasteiger partial charge in [-0.25, -0.2) is 0 Å². The molecule has 94 valence electrons. The fourth-order valence-electron chi connectivity index (χ4n) is 1.53. The maximum Gasteiger partial charge on any atom is 0.412 e. The molecule has 17 heavy (non-hydrogen) atoms. The molecule has 0 saturated carbocycles. The third-order valence-corrected chi connectivity index (χ3v) is 2.33. The van der Waals surface area contributed by atoms with Crippen molar-refractivity contribution in [2.24, 2.45) is 0 Å². The van der Waals surface area contributed by atoms with Crippen LogP contribution in [-0.4, -0.2) is 17.4 Å². The zero-order valence-corrected chi connectivity index (χ0v) is 9.54. The molecular formula is C13H15F3O. The first-order valence-electron chi connectivity index (χ1n) is 5.39. The number of hydrogen-bond donors (Lipinski definition) is 1. The predicted molar refractivity (Wildman–Crippen MR) is 60.6 cm³/mol. The van der Waals surface area contributed by atoms with Crippen LogP contribution in [0.3, 0.4) is 0 Å². The zero-order valence-electron chi connectivity index (χ0n) is 9.54. The lowest BCUT2D eigenvalue weighted by Gasteiger charge is -2.12. The minimum Gasteiger partial charge on any atom is -0.389 e. The maximum atomic E-state index is 12.6. The van der Waals surface area contributed by atoms with Crippen molar-refractivity contribution in [2.45, 2.75) is 32.0 Å². The summed E-state index contributed by atoms with van der Waals surface area (Å²) in [6, 6.07) is 8.98. The van der Waals surface area contributed by atoms with Gasteiger partial charge in [-0.3, -0.25) is 0 Å². The molecule has 1 aromatic carbocycles. The van der Waals surface area contributed by atoms with E-state index in [1.807, 2.05) is 6.07 Å². The van der Waals surface area contributed by atoms with E-state index >= 15 is 0 Å². The van der Waals surface area contributed by atoms with Crippen molar-refractivity contribution in [1.82, 2.24) is 0 Å². The van der Waals surface area contributed by atoms with E-state index in [9.17, 15) is 13.2 Å². The Morgan fingerprint density at radius 2 is 1.88 bits per heavy atom. The predicted octanol–water partition coefficient (Wildman–Crippen LogP) is 3.49. The second-order valence-corrected chi connectivity index (χ2v) is 3.92. The van der Waals surface area contributed by atoms with E-state index in [-0.39, 0.29) is 6.42 Å². The Hall–Kier alpha value is -1.29. The summed E-state index contributed by atoms with van der Waals surface area (Å²) in [6.07, 6.45) is -4.38. The molecular weight excluding hydrogens is 229 g/mol. The Labute approximate surface area is 98.6 Å². The fourth-order valence-corrected chi connectivity index (χ4v) is 1.53. The van der Waals surface area contributed by atoms with E-state index in [1.165, 1.54) is 6.92 Å². The van der Waals surface area contributed by atoms with Crippen LogP contribution in [0.2, 0.25) is 0 Å². The molecule has 0 aliphatic carbocycles. The number of hydrogen-bond acceptors (Lipinski definition) is 1. The summed E-state index contributed by atoms with van der Waals surface area (Å²) in [5.74, 6) is 0. The van der Waals surface area contributed by atoms with E-state index in [0.717, 1.165) is 11.6 Å². The van der Waals surface area contributed by atoms with Crippen molar-refractivity contribution in [3.8, 4) is 0 Å². The number of aliphatic hydroxyl groups excluding tert-OH is 1. The first-order chi connectivity index (χ1) is 7.89. The minimum absolute atomic E-state index is 0.113. The lowest BCUT2D eigenvalue weighted by atomic mass is 10.0. The number of benzene rings is 1. The standard InChI is InChI=1S/C13H15F3O/c1-10(17)9-12(13(14,15)16)8-7-11-5-3-2-4-6-11/h2-6,9-10,17H,7-8H2,1H3/t10-/m1/s1. The van der Waals surface area contributed by atoms with Crippen LogP contribution in [0.15, 0.2) is 42.0 Å². The van der Waals surface area contributed by atoms with Crippen LogP contribution in [-0.2, 0) is 6.42 Å². The van der Waals surface area contributed by atoms with E-state index in [1.54, 1.807) is 24.3 Å². The molecule has 0 aromatic heterocycles. The quantitative estimate of drug-likeness (QED) is 0.804. The topological polar surface area (TPSA) is 20.2 Å². The van der Waals surface area contributed by atoms with Crippen LogP contribution in [0, 0.1) is 0 Å². The van der Waals surface area contributed by atoms with Crippen LogP contribution in [0.5, 0.6) is 0 Å². The monoisotopic (exact) mass is 244 g/mol. The number of aliphatic hydroxyl groups is 1. The van der Waals surface area contributed by atoms with Gasteiger partial charge < -0.3 is 5.11 Å². The second kappa shape index (κ2) is 5.87. The Morgan fingerprint density at radius 3 is 2.35 bits per heavy atom. The molecule has 1 N–H and O–H groups in total. The van der Waals surface area contributed by atoms with Gasteiger partial charge in [0.25, 0.3) is 0 Å². The molecule has 0 spiro atoms. The Bertz CT molecular complexity index is 366. The average molecular weight is 244 g/mol. The van der Waals surface area contributed by atoms with Crippen molar-refractivity contribution in [2.75, 3.05) is 0 Å². The summed E-state index contributed by atoms with van der Waals surface area (Å²) in [5.41, 5.74) is 0.185. The molecule has 0 unspecified atom stereocenters. The van der Waals surface area contributed by atoms with Crippen LogP contribution in [0.1, 0.15) is 18.9 Å². The highest BCUT2D eigenvalue weighted by atomic mass is 19.4. The van der Waals surface area contributed by atoms with Crippen LogP contribution < -0.4 is 0 Å². The molecule has 0 radical (unpaired) electrons. The number of allylic oxidation sites excluding steroid dienone is 1. The molecule has 0 amide bonds. The van der Waals surface area contributed by atoms with E-state index in [2.05, 4.69) is 0 Å². The van der Waals surface area contributed by atoms with Gasteiger partial charge in [-0.2, -0.15) is 13.2 Å². The minimum atomic E-state index is -4.37. The Morgan fingerprint density at radius 1 is 1.29 bits per heavy atom. The van der Waals surface area contributed by atoms with Crippen molar-refractivity contribution < 1.29 is 18.3 Å². The SMILES string of the molecule is C[C@@H](O)C=C(CCc1ccccc1)C(F)(F)F. The fraction of sp³-hybridized carbons (Fsp3) is 0.385. The third-order valence-electron chi connectivity index (χ3n) is 2.33. The highest BCUT2D eigenvalue weighted by Crippen LogP contribution is 2.29. The van der Waals surface area contributed by atoms with Gasteiger partial charge in [0, 0.05) is 5.57 Å². The number of aryl methyl sites for hydroxylation is 1. The highest BCUT2D eigenvalue weighted by Gasteiger charge is 2.33. The Kier molecular flexibility index (Phi) is 4.75. The molecule has 1 aromatic rings. The van der Waals surface area contributed by atoms with Gasteiger partial charge >= 0.3 is 6.18 Å². The van der Waals surface area contributed by atoms with Gasteiger partial charge in [-0.15, -0.1) is 0 Å². The third kappa shape index (κ3) is 5.04. The largest absolute Gasteiger partial charge is 0.412 e. The molecule has 0 saturated heterocycles. The zero-order chi connectivity index (χ0) is 12.9. The Balaban J connectivity index is 2.69. The summed E-state index contributed by atoms with van der Waals surface area (Å²) in [5, 5.41) is 9.01. The molecule has 0 aliphatic rings. The first-order valence-corrected chi connectivity index (χ1v) is 5.39. The summed E-state index contributed by atoms with van der Waals surface area (Å²) < 4.78 is 37.8. The molecule has 1 atom stereocenters. The molecule has 1 rings (SSSR count). The lowest BCUT2D eigenvalue weighted by Crippen LogP contribution is -2.15. The molecule has 0 bridgehead atoms. The number of rotatable bonds is 4. The summed E-state index contributed by atoms with van der Waals surface area (Å²) in [4.78, 5) is 0. The molecule has 4 heteroatoms. The van der Waals surface area contributed by atoms with Gasteiger partial charge in [0.15, 0.2) is 0 Å². The van der Waals surface area contributed by atoms with Crippen molar-refractivity contribution >= 4 is 0 Å². The van der Waals surface area contributed by atoms with Crippen LogP contribution >= 0.6 is 0 Å². The number of halogens is 3. The second-order valence-electron chi connectivity index (χ2n) is 3.92. The first kappa shape index (κ1) is 13.8. The van der Waals surface area contributed by atoms with Crippen LogP contribution in [0.25, 0.3) is 0 Å². The van der Waals surface area contributed by atoms with E-state index < -0.39 is 17.9 Å². The molecule has 0 aliphatic heterocycles. The average Bonchev–Trinajstić information content (AvgIpc) is 2.23. The lowest BCUT2D eigenvalue weighted by molar-refractivity contribution is -0.0948. The van der Waals surface area contributed by atoms with Gasteiger partial charge in [-0.1, -0.05) is 30.3 Å². The summed E-state index contributed by atoms with van der Waals surface area (Å²) in [7, 11) is 0. The van der Waals surface area contributed by atoms with Crippen LogP contribution in [0.4, 0.5) is 13.2 Å². The maximum absolute atomic E-state index is 12.6. The number of alkyl halides is 3. The smallest absolute Gasteiger partial charge is 0.389 e. The molecule has 1 nitrogen and oxygen atoms in total. The molecule has 0 heterocycles. The van der Waals surface area contributed by atoms with Gasteiger partial charge in [0.2, 0.25) is 0 Å². The van der Waals surface area contributed by atoms with Gasteiger partial charge in [0.05, 0.1) is 6.10 Å². The van der Waals surface area contributed by atoms with Gasteiger partial charge in [-0.05, 0) is 31.4 Å².